The highest BCUT2D eigenvalue weighted by Crippen LogP contribution is 2.62. The lowest BCUT2D eigenvalue weighted by Gasteiger charge is -2.45. The van der Waals surface area contributed by atoms with E-state index in [1.54, 1.807) is 5.57 Å². The lowest BCUT2D eigenvalue weighted by molar-refractivity contribution is 0.246. The van der Waals surface area contributed by atoms with E-state index >= 15 is 0 Å². The van der Waals surface area contributed by atoms with Crippen molar-refractivity contribution in [3.8, 4) is 0 Å². The Bertz CT molecular complexity index is 2120. The molecule has 2 heteroatoms. The zero-order valence-electron chi connectivity index (χ0n) is 31.8. The number of hydrogen-bond acceptors (Lipinski definition) is 2. The maximum absolute atomic E-state index is 2.70. The molecule has 0 amide bonds. The van der Waals surface area contributed by atoms with Gasteiger partial charge in [0.05, 0.1) is 6.04 Å². The van der Waals surface area contributed by atoms with Crippen LogP contribution in [0.3, 0.4) is 0 Å². The Labute approximate surface area is 318 Å². The average Bonchev–Trinajstić information content (AvgIpc) is 3.37. The Morgan fingerprint density at radius 3 is 2.26 bits per heavy atom. The van der Waals surface area contributed by atoms with Crippen LogP contribution in [0.4, 0.5) is 5.69 Å². The van der Waals surface area contributed by atoms with Crippen molar-refractivity contribution in [1.82, 2.24) is 4.90 Å². The van der Waals surface area contributed by atoms with E-state index in [1.807, 2.05) is 0 Å². The second-order valence-corrected chi connectivity index (χ2v) is 16.9. The number of benzene rings is 2. The summed E-state index contributed by atoms with van der Waals surface area (Å²) in [5.41, 5.74) is 14.5. The van der Waals surface area contributed by atoms with Crippen LogP contribution in [0.25, 0.3) is 5.57 Å². The molecule has 0 radical (unpaired) electrons. The van der Waals surface area contributed by atoms with Gasteiger partial charge in [0.2, 0.25) is 0 Å². The van der Waals surface area contributed by atoms with Gasteiger partial charge in [-0.3, -0.25) is 0 Å². The summed E-state index contributed by atoms with van der Waals surface area (Å²) in [6.07, 6.45) is 46.0. The molecule has 0 N–H and O–H groups in total. The number of nitrogens with zero attached hydrogens (tertiary/aromatic N) is 2. The Hall–Kier alpha value is -4.82. The summed E-state index contributed by atoms with van der Waals surface area (Å²) in [5, 5.41) is 0. The molecule has 7 aliphatic rings. The molecule has 2 aromatic rings. The van der Waals surface area contributed by atoms with Gasteiger partial charge >= 0.3 is 0 Å². The van der Waals surface area contributed by atoms with Gasteiger partial charge in [-0.05, 0) is 128 Å². The predicted octanol–water partition coefficient (Wildman–Crippen LogP) is 13.0. The number of anilines is 1. The van der Waals surface area contributed by atoms with Crippen molar-refractivity contribution in [2.45, 2.75) is 90.0 Å². The van der Waals surface area contributed by atoms with Gasteiger partial charge in [-0.15, -0.1) is 0 Å². The first kappa shape index (κ1) is 34.0. The quantitative estimate of drug-likeness (QED) is 0.278. The number of hydrogen-bond donors (Lipinski definition) is 0. The van der Waals surface area contributed by atoms with Crippen molar-refractivity contribution in [2.24, 2.45) is 17.3 Å². The van der Waals surface area contributed by atoms with Gasteiger partial charge in [0, 0.05) is 45.7 Å². The number of allylic oxidation sites excluding steroid dienone is 19. The summed E-state index contributed by atoms with van der Waals surface area (Å²) < 4.78 is 0. The largest absolute Gasteiger partial charge is 0.340 e. The van der Waals surface area contributed by atoms with Crippen LogP contribution in [0.15, 0.2) is 180 Å². The minimum atomic E-state index is 0.0274. The topological polar surface area (TPSA) is 6.48 Å². The summed E-state index contributed by atoms with van der Waals surface area (Å²) in [4.78, 5) is 5.16. The second kappa shape index (κ2) is 13.9. The van der Waals surface area contributed by atoms with Gasteiger partial charge in [0.1, 0.15) is 0 Å². The van der Waals surface area contributed by atoms with E-state index in [0.717, 1.165) is 32.1 Å². The lowest BCUT2D eigenvalue weighted by Crippen LogP contribution is -2.38. The first-order valence-electron chi connectivity index (χ1n) is 20.2. The van der Waals surface area contributed by atoms with Crippen molar-refractivity contribution in [2.75, 3.05) is 4.90 Å². The Morgan fingerprint density at radius 2 is 1.49 bits per heavy atom. The van der Waals surface area contributed by atoms with Gasteiger partial charge in [-0.1, -0.05) is 130 Å². The molecule has 53 heavy (non-hydrogen) atoms. The fourth-order valence-electron chi connectivity index (χ4n) is 10.3. The third-order valence-corrected chi connectivity index (χ3v) is 13.8. The van der Waals surface area contributed by atoms with Crippen LogP contribution in [0.1, 0.15) is 89.7 Å². The molecule has 6 aliphatic carbocycles. The van der Waals surface area contributed by atoms with E-state index in [-0.39, 0.29) is 10.8 Å². The minimum Gasteiger partial charge on any atom is -0.340 e. The molecule has 1 heterocycles. The fraction of sp³-hybridized carbons (Fsp3) is 0.333. The van der Waals surface area contributed by atoms with Crippen LogP contribution >= 0.6 is 0 Å². The molecule has 0 spiro atoms. The predicted molar refractivity (Wildman–Crippen MR) is 224 cm³/mol. The van der Waals surface area contributed by atoms with Gasteiger partial charge in [0.15, 0.2) is 0 Å². The number of rotatable bonds is 6. The van der Waals surface area contributed by atoms with Gasteiger partial charge < -0.3 is 9.80 Å². The van der Waals surface area contributed by atoms with Crippen molar-refractivity contribution >= 4 is 11.3 Å². The summed E-state index contributed by atoms with van der Waals surface area (Å²) in [7, 11) is 0. The summed E-state index contributed by atoms with van der Waals surface area (Å²) in [6, 6.07) is 20.3. The fourth-order valence-corrected chi connectivity index (χ4v) is 10.3. The maximum atomic E-state index is 2.70. The molecule has 2 aromatic carbocycles. The monoisotopic (exact) mass is 694 g/mol. The van der Waals surface area contributed by atoms with E-state index in [9.17, 15) is 0 Å². The molecular weight excluding hydrogens is 641 g/mol. The molecule has 0 aromatic heterocycles. The van der Waals surface area contributed by atoms with Crippen molar-refractivity contribution < 1.29 is 0 Å². The van der Waals surface area contributed by atoms with Crippen LogP contribution in [0, 0.1) is 17.3 Å². The normalized spacial score (nSPS) is 28.5. The highest BCUT2D eigenvalue weighted by Gasteiger charge is 2.53. The SMILES string of the molecule is CC12CC(N(C3=CC=C(C4=CCC5C=CC=CC5N(c5ccccc5)C=C4)CC3)C3=CC=C(C4CC=CCC4)CC3)=CC=C1c1ccccc1C2(C)C. The zero-order valence-corrected chi connectivity index (χ0v) is 31.8. The first-order chi connectivity index (χ1) is 25.9. The first-order valence-corrected chi connectivity index (χ1v) is 20.2. The summed E-state index contributed by atoms with van der Waals surface area (Å²) in [5.74, 6) is 1.15. The minimum absolute atomic E-state index is 0.0274. The van der Waals surface area contributed by atoms with Crippen LogP contribution in [-0.2, 0) is 5.41 Å². The Morgan fingerprint density at radius 1 is 0.717 bits per heavy atom. The molecule has 4 atom stereocenters. The van der Waals surface area contributed by atoms with Crippen LogP contribution in [0.2, 0.25) is 0 Å². The smallest absolute Gasteiger partial charge is 0.0585 e. The Kier molecular flexibility index (Phi) is 8.89. The van der Waals surface area contributed by atoms with Crippen molar-refractivity contribution in [3.63, 3.8) is 0 Å². The van der Waals surface area contributed by atoms with E-state index in [0.29, 0.717) is 17.9 Å². The van der Waals surface area contributed by atoms with Crippen LogP contribution in [-0.4, -0.2) is 10.9 Å². The zero-order chi connectivity index (χ0) is 36.0. The van der Waals surface area contributed by atoms with E-state index in [2.05, 4.69) is 176 Å². The molecule has 0 saturated heterocycles. The molecule has 268 valence electrons. The van der Waals surface area contributed by atoms with E-state index in [4.69, 9.17) is 0 Å². The molecule has 0 saturated carbocycles. The standard InChI is InChI=1S/C51H54N2/c1-50(2)47-20-12-11-19-46(47)48-33-32-45(36-51(48,50)3)53(43-28-24-38(25-29-43)37-14-6-4-7-15-37)44-30-26-39(27-31-44)40-22-23-41-16-10-13-21-49(41)52(35-34-40)42-17-8-5-9-18-42/h4-6,8-13,16-22,24,26,28,30,32-35,37,41,49H,7,14-15,23,25,27,29,31,36H2,1-3H3. The van der Waals surface area contributed by atoms with Gasteiger partial charge in [-0.2, -0.15) is 0 Å². The molecule has 4 unspecified atom stereocenters. The maximum Gasteiger partial charge on any atom is 0.0585 e. The van der Waals surface area contributed by atoms with E-state index < -0.39 is 0 Å². The highest BCUT2D eigenvalue weighted by atomic mass is 15.2. The van der Waals surface area contributed by atoms with Gasteiger partial charge in [-0.25, -0.2) is 0 Å². The van der Waals surface area contributed by atoms with Crippen LogP contribution in [0.5, 0.6) is 0 Å². The van der Waals surface area contributed by atoms with E-state index in [1.165, 1.54) is 76.3 Å². The van der Waals surface area contributed by atoms with Crippen molar-refractivity contribution in [1.29, 1.82) is 0 Å². The lowest BCUT2D eigenvalue weighted by atomic mass is 9.62. The third kappa shape index (κ3) is 6.05. The average molecular weight is 695 g/mol. The molecule has 1 aliphatic heterocycles. The van der Waals surface area contributed by atoms with Crippen molar-refractivity contribution in [3.05, 3.63) is 191 Å². The molecule has 0 fully saturated rings. The molecule has 2 nitrogen and oxygen atoms in total. The summed E-state index contributed by atoms with van der Waals surface area (Å²) in [6.45, 7) is 7.47. The third-order valence-electron chi connectivity index (χ3n) is 13.8. The Balaban J connectivity index is 1.06. The van der Waals surface area contributed by atoms with Gasteiger partial charge in [0.25, 0.3) is 0 Å². The molecule has 0 bridgehead atoms. The number of fused-ring (bicyclic) bond motifs is 4. The molecular formula is C51H54N2. The number of para-hydroxylation sites is 1. The second-order valence-electron chi connectivity index (χ2n) is 16.9. The molecule has 9 rings (SSSR count). The summed E-state index contributed by atoms with van der Waals surface area (Å²) >= 11 is 0. The van der Waals surface area contributed by atoms with Crippen LogP contribution < -0.4 is 4.90 Å². The highest BCUT2D eigenvalue weighted by molar-refractivity contribution is 5.82.